The number of hydrogen-bond donors (Lipinski definition) is 1. The first-order chi connectivity index (χ1) is 8.31. The average Bonchev–Trinajstić information content (AvgIpc) is 2.60. The van der Waals surface area contributed by atoms with Crippen molar-refractivity contribution >= 4 is 0 Å². The minimum atomic E-state index is -0.0720. The highest BCUT2D eigenvalue weighted by Crippen LogP contribution is 2.32. The minimum Gasteiger partial charge on any atom is -0.393 e. The van der Waals surface area contributed by atoms with Gasteiger partial charge < -0.3 is 9.84 Å². The van der Waals surface area contributed by atoms with Crippen LogP contribution in [0.5, 0.6) is 0 Å². The van der Waals surface area contributed by atoms with Crippen molar-refractivity contribution in [3.63, 3.8) is 0 Å². The quantitative estimate of drug-likeness (QED) is 0.821. The molecule has 17 heavy (non-hydrogen) atoms. The van der Waals surface area contributed by atoms with E-state index >= 15 is 0 Å². The lowest BCUT2D eigenvalue weighted by molar-refractivity contribution is 0.0223. The zero-order chi connectivity index (χ0) is 12.1. The van der Waals surface area contributed by atoms with Crippen LogP contribution in [-0.2, 0) is 4.74 Å². The third-order valence-electron chi connectivity index (χ3n) is 4.31. The van der Waals surface area contributed by atoms with Crippen LogP contribution >= 0.6 is 0 Å². The van der Waals surface area contributed by atoms with Crippen LogP contribution in [0.3, 0.4) is 0 Å². The molecule has 0 aromatic heterocycles. The topological polar surface area (TPSA) is 32.7 Å². The molecule has 100 valence electrons. The van der Waals surface area contributed by atoms with Gasteiger partial charge in [-0.05, 0) is 38.0 Å². The zero-order valence-corrected chi connectivity index (χ0v) is 11.1. The molecule has 0 aromatic rings. The van der Waals surface area contributed by atoms with Gasteiger partial charge in [0.25, 0.3) is 0 Å². The lowest BCUT2D eigenvalue weighted by Crippen LogP contribution is -2.46. The minimum absolute atomic E-state index is 0.0720. The normalized spacial score (nSPS) is 36.7. The first kappa shape index (κ1) is 13.3. The Balaban J connectivity index is 1.96. The van der Waals surface area contributed by atoms with Crippen molar-refractivity contribution < 1.29 is 9.84 Å². The van der Waals surface area contributed by atoms with Crippen molar-refractivity contribution in [2.45, 2.75) is 57.6 Å². The van der Waals surface area contributed by atoms with Gasteiger partial charge in [0.05, 0.1) is 12.7 Å². The Morgan fingerprint density at radius 1 is 1.24 bits per heavy atom. The molecule has 1 N–H and O–H groups in total. The van der Waals surface area contributed by atoms with E-state index in [0.717, 1.165) is 51.5 Å². The molecule has 2 rings (SSSR count). The van der Waals surface area contributed by atoms with Crippen LogP contribution in [-0.4, -0.2) is 48.5 Å². The molecule has 0 bridgehead atoms. The van der Waals surface area contributed by atoms with E-state index in [1.807, 2.05) is 0 Å². The van der Waals surface area contributed by atoms with E-state index in [0.29, 0.717) is 6.04 Å². The molecule has 0 spiro atoms. The number of aliphatic hydroxyl groups is 1. The van der Waals surface area contributed by atoms with E-state index in [2.05, 4.69) is 11.8 Å². The van der Waals surface area contributed by atoms with Gasteiger partial charge in [-0.2, -0.15) is 0 Å². The predicted molar refractivity (Wildman–Crippen MR) is 69.1 cm³/mol. The fourth-order valence-electron chi connectivity index (χ4n) is 3.44. The van der Waals surface area contributed by atoms with Crippen molar-refractivity contribution in [3.05, 3.63) is 0 Å². The summed E-state index contributed by atoms with van der Waals surface area (Å²) in [4.78, 5) is 2.58. The molecule has 1 heterocycles. The maximum atomic E-state index is 9.91. The van der Waals surface area contributed by atoms with Crippen LogP contribution in [0.4, 0.5) is 0 Å². The Kier molecular flexibility index (Phi) is 5.26. The van der Waals surface area contributed by atoms with Gasteiger partial charge in [-0.3, -0.25) is 4.90 Å². The maximum Gasteiger partial charge on any atom is 0.0593 e. The Morgan fingerprint density at radius 3 is 2.94 bits per heavy atom. The molecular weight excluding hydrogens is 214 g/mol. The Labute approximate surface area is 105 Å². The number of nitrogens with zero attached hydrogens (tertiary/aromatic N) is 1. The number of aliphatic hydroxyl groups excluding tert-OH is 1. The molecule has 1 aliphatic heterocycles. The summed E-state index contributed by atoms with van der Waals surface area (Å²) in [5.74, 6) is 0.793. The third kappa shape index (κ3) is 3.67. The van der Waals surface area contributed by atoms with Crippen molar-refractivity contribution in [2.24, 2.45) is 5.92 Å². The SMILES string of the molecule is CCCC1CCC(O)CC1N1CCCOCC1. The van der Waals surface area contributed by atoms with E-state index in [1.54, 1.807) is 0 Å². The Hall–Kier alpha value is -0.120. The molecule has 1 aliphatic carbocycles. The van der Waals surface area contributed by atoms with Gasteiger partial charge in [-0.25, -0.2) is 0 Å². The summed E-state index contributed by atoms with van der Waals surface area (Å²) < 4.78 is 5.53. The van der Waals surface area contributed by atoms with Gasteiger partial charge in [0.1, 0.15) is 0 Å². The van der Waals surface area contributed by atoms with Crippen LogP contribution in [0.2, 0.25) is 0 Å². The summed E-state index contributed by atoms with van der Waals surface area (Å²) in [6.07, 6.45) is 6.84. The van der Waals surface area contributed by atoms with Crippen LogP contribution in [0.1, 0.15) is 45.4 Å². The van der Waals surface area contributed by atoms with Crippen molar-refractivity contribution in [3.8, 4) is 0 Å². The molecule has 1 saturated heterocycles. The second kappa shape index (κ2) is 6.72. The fourth-order valence-corrected chi connectivity index (χ4v) is 3.44. The molecule has 3 heteroatoms. The molecule has 2 fully saturated rings. The van der Waals surface area contributed by atoms with Gasteiger partial charge in [0.15, 0.2) is 0 Å². The smallest absolute Gasteiger partial charge is 0.0593 e. The average molecular weight is 241 g/mol. The summed E-state index contributed by atoms with van der Waals surface area (Å²) in [6, 6.07) is 0.598. The van der Waals surface area contributed by atoms with Crippen LogP contribution in [0.15, 0.2) is 0 Å². The van der Waals surface area contributed by atoms with Crippen LogP contribution in [0, 0.1) is 5.92 Å². The van der Waals surface area contributed by atoms with E-state index < -0.39 is 0 Å². The molecule has 0 aromatic carbocycles. The van der Waals surface area contributed by atoms with Gasteiger partial charge in [-0.1, -0.05) is 13.3 Å². The summed E-state index contributed by atoms with van der Waals surface area (Å²) in [6.45, 7) is 6.25. The molecular formula is C14H27NO2. The molecule has 3 unspecified atom stereocenters. The van der Waals surface area contributed by atoms with Gasteiger partial charge in [0, 0.05) is 25.7 Å². The standard InChI is InChI=1S/C14H27NO2/c1-2-4-12-5-6-13(16)11-14(12)15-7-3-9-17-10-8-15/h12-14,16H,2-11H2,1H3. The second-order valence-corrected chi connectivity index (χ2v) is 5.58. The van der Waals surface area contributed by atoms with E-state index in [-0.39, 0.29) is 6.10 Å². The van der Waals surface area contributed by atoms with Crippen molar-refractivity contribution in [1.29, 1.82) is 0 Å². The molecule has 3 nitrogen and oxygen atoms in total. The van der Waals surface area contributed by atoms with E-state index in [9.17, 15) is 5.11 Å². The third-order valence-corrected chi connectivity index (χ3v) is 4.31. The Bertz CT molecular complexity index is 214. The largest absolute Gasteiger partial charge is 0.393 e. The van der Waals surface area contributed by atoms with Gasteiger partial charge >= 0.3 is 0 Å². The number of ether oxygens (including phenoxy) is 1. The monoisotopic (exact) mass is 241 g/mol. The van der Waals surface area contributed by atoms with E-state index in [1.165, 1.54) is 19.3 Å². The molecule has 0 radical (unpaired) electrons. The summed E-state index contributed by atoms with van der Waals surface area (Å²) >= 11 is 0. The first-order valence-corrected chi connectivity index (χ1v) is 7.31. The lowest BCUT2D eigenvalue weighted by Gasteiger charge is -2.41. The van der Waals surface area contributed by atoms with Gasteiger partial charge in [-0.15, -0.1) is 0 Å². The highest BCUT2D eigenvalue weighted by atomic mass is 16.5. The molecule has 3 atom stereocenters. The van der Waals surface area contributed by atoms with Crippen molar-refractivity contribution in [1.82, 2.24) is 4.90 Å². The van der Waals surface area contributed by atoms with Gasteiger partial charge in [0.2, 0.25) is 0 Å². The molecule has 2 aliphatic rings. The van der Waals surface area contributed by atoms with Crippen molar-refractivity contribution in [2.75, 3.05) is 26.3 Å². The second-order valence-electron chi connectivity index (χ2n) is 5.58. The van der Waals surface area contributed by atoms with Crippen LogP contribution < -0.4 is 0 Å². The Morgan fingerprint density at radius 2 is 2.12 bits per heavy atom. The predicted octanol–water partition coefficient (Wildman–Crippen LogP) is 2.04. The summed E-state index contributed by atoms with van der Waals surface area (Å²) in [7, 11) is 0. The first-order valence-electron chi connectivity index (χ1n) is 7.31. The molecule has 1 saturated carbocycles. The molecule has 0 amide bonds. The van der Waals surface area contributed by atoms with Crippen LogP contribution in [0.25, 0.3) is 0 Å². The number of rotatable bonds is 3. The zero-order valence-electron chi connectivity index (χ0n) is 11.1. The number of hydrogen-bond acceptors (Lipinski definition) is 3. The summed E-state index contributed by atoms with van der Waals surface area (Å²) in [5, 5.41) is 9.91. The highest BCUT2D eigenvalue weighted by Gasteiger charge is 2.33. The lowest BCUT2D eigenvalue weighted by atomic mass is 9.79. The maximum absolute atomic E-state index is 9.91. The fraction of sp³-hybridized carbons (Fsp3) is 1.00. The van der Waals surface area contributed by atoms with E-state index in [4.69, 9.17) is 4.74 Å². The highest BCUT2D eigenvalue weighted by molar-refractivity contribution is 4.87. The summed E-state index contributed by atoms with van der Waals surface area (Å²) in [5.41, 5.74) is 0.